The molecule has 0 bridgehead atoms. The van der Waals surface area contributed by atoms with Crippen LogP contribution in [0.25, 0.3) is 5.69 Å². The number of aromatic nitrogens is 2. The summed E-state index contributed by atoms with van der Waals surface area (Å²) in [6.07, 6.45) is 5.98. The lowest BCUT2D eigenvalue weighted by atomic mass is 10.1. The molecule has 2 aromatic rings. The number of benzene rings is 1. The van der Waals surface area contributed by atoms with Crippen molar-refractivity contribution in [3.63, 3.8) is 0 Å². The maximum atomic E-state index is 12.3. The third kappa shape index (κ3) is 3.38. The number of nitrogens with zero attached hydrogens (tertiary/aromatic N) is 5. The number of likely N-dealkylation sites (tertiary alicyclic amines) is 1. The first kappa shape index (κ1) is 16.3. The lowest BCUT2D eigenvalue weighted by Crippen LogP contribution is -2.25. The number of rotatable bonds is 4. The molecule has 1 amide bonds. The molecule has 1 unspecified atom stereocenters. The number of nitrogens with one attached hydrogen (secondary N) is 1. The van der Waals surface area contributed by atoms with Crippen LogP contribution in [0, 0.1) is 28.7 Å². The molecule has 0 saturated carbocycles. The third-order valence-corrected chi connectivity index (χ3v) is 4.14. The predicted octanol–water partition coefficient (Wildman–Crippen LogP) is 1.49. The summed E-state index contributed by atoms with van der Waals surface area (Å²) in [5.41, 5.74) is 1.21. The molecule has 126 valence electrons. The third-order valence-electron chi connectivity index (χ3n) is 4.14. The van der Waals surface area contributed by atoms with Crippen LogP contribution in [-0.2, 0) is 4.79 Å². The van der Waals surface area contributed by atoms with Crippen molar-refractivity contribution in [3.05, 3.63) is 36.3 Å². The Hall–Kier alpha value is -3.52. The van der Waals surface area contributed by atoms with Gasteiger partial charge >= 0.3 is 0 Å². The molecule has 3 rings (SSSR count). The van der Waals surface area contributed by atoms with Gasteiger partial charge in [0.15, 0.2) is 12.0 Å². The van der Waals surface area contributed by atoms with Gasteiger partial charge < -0.3 is 19.5 Å². The van der Waals surface area contributed by atoms with E-state index in [1.807, 2.05) is 0 Å². The molecular weight excluding hydrogens is 320 g/mol. The Bertz CT molecular complexity index is 876. The van der Waals surface area contributed by atoms with Crippen LogP contribution in [0.3, 0.4) is 0 Å². The van der Waals surface area contributed by atoms with Crippen molar-refractivity contribution in [1.82, 2.24) is 14.5 Å². The summed E-state index contributed by atoms with van der Waals surface area (Å²) < 4.78 is 6.93. The second-order valence-electron chi connectivity index (χ2n) is 5.68. The first-order valence-electron chi connectivity index (χ1n) is 7.72. The van der Waals surface area contributed by atoms with Crippen molar-refractivity contribution in [2.24, 2.45) is 5.92 Å². The van der Waals surface area contributed by atoms with Gasteiger partial charge in [0.05, 0.1) is 30.5 Å². The molecule has 0 aliphatic carbocycles. The summed E-state index contributed by atoms with van der Waals surface area (Å²) in [5.74, 6) is 0.561. The highest BCUT2D eigenvalue weighted by molar-refractivity contribution is 5.92. The highest BCUT2D eigenvalue weighted by Crippen LogP contribution is 2.23. The van der Waals surface area contributed by atoms with E-state index in [4.69, 9.17) is 15.3 Å². The van der Waals surface area contributed by atoms with Gasteiger partial charge in [0.2, 0.25) is 5.91 Å². The molecule has 1 aromatic heterocycles. The van der Waals surface area contributed by atoms with Crippen LogP contribution >= 0.6 is 0 Å². The number of methoxy groups -OCH3 is 1. The Morgan fingerprint density at radius 3 is 2.96 bits per heavy atom. The van der Waals surface area contributed by atoms with E-state index in [-0.39, 0.29) is 11.8 Å². The van der Waals surface area contributed by atoms with Gasteiger partial charge in [0.25, 0.3) is 0 Å². The monoisotopic (exact) mass is 336 g/mol. The van der Waals surface area contributed by atoms with Crippen LogP contribution < -0.4 is 10.1 Å². The Labute approximate surface area is 144 Å². The zero-order valence-corrected chi connectivity index (χ0v) is 13.6. The molecule has 1 aromatic carbocycles. The van der Waals surface area contributed by atoms with Crippen LogP contribution in [0.1, 0.15) is 12.0 Å². The van der Waals surface area contributed by atoms with Crippen LogP contribution in [-0.4, -0.2) is 40.6 Å². The van der Waals surface area contributed by atoms with Crippen LogP contribution in [0.4, 0.5) is 5.82 Å². The quantitative estimate of drug-likeness (QED) is 0.848. The van der Waals surface area contributed by atoms with Gasteiger partial charge in [-0.2, -0.15) is 10.5 Å². The second kappa shape index (κ2) is 6.93. The number of carbonyl (C=O) groups is 1. The Morgan fingerprint density at radius 2 is 2.28 bits per heavy atom. The number of hydrogen-bond donors (Lipinski definition) is 1. The fourth-order valence-electron chi connectivity index (χ4n) is 2.75. The highest BCUT2D eigenvalue weighted by Gasteiger charge is 2.28. The van der Waals surface area contributed by atoms with E-state index in [0.717, 1.165) is 5.69 Å². The molecule has 1 fully saturated rings. The van der Waals surface area contributed by atoms with Crippen LogP contribution in [0.2, 0.25) is 0 Å². The molecule has 25 heavy (non-hydrogen) atoms. The fraction of sp³-hybridized carbons (Fsp3) is 0.294. The number of hydrogen-bond acceptors (Lipinski definition) is 6. The Kier molecular flexibility index (Phi) is 4.53. The number of ether oxygens (including phenoxy) is 1. The zero-order valence-electron chi connectivity index (χ0n) is 13.6. The molecule has 1 aliphatic rings. The largest absolute Gasteiger partial charge is 0.495 e. The number of nitriles is 2. The van der Waals surface area contributed by atoms with E-state index in [0.29, 0.717) is 36.6 Å². The minimum absolute atomic E-state index is 0.139. The van der Waals surface area contributed by atoms with Crippen LogP contribution in [0.5, 0.6) is 5.75 Å². The van der Waals surface area contributed by atoms with Gasteiger partial charge in [-0.3, -0.25) is 4.79 Å². The fourth-order valence-corrected chi connectivity index (χ4v) is 2.75. The average Bonchev–Trinajstić information content (AvgIpc) is 3.30. The van der Waals surface area contributed by atoms with Crippen molar-refractivity contribution >= 4 is 11.7 Å². The Balaban J connectivity index is 1.72. The lowest BCUT2D eigenvalue weighted by Gasteiger charge is -2.09. The second-order valence-corrected chi connectivity index (χ2v) is 5.68. The van der Waals surface area contributed by atoms with Crippen LogP contribution in [0.15, 0.2) is 30.7 Å². The van der Waals surface area contributed by atoms with E-state index in [1.165, 1.54) is 7.11 Å². The average molecular weight is 336 g/mol. The van der Waals surface area contributed by atoms with E-state index in [2.05, 4.69) is 22.6 Å². The summed E-state index contributed by atoms with van der Waals surface area (Å²) in [5, 5.41) is 20.7. The van der Waals surface area contributed by atoms with E-state index in [1.54, 1.807) is 40.2 Å². The normalized spacial score (nSPS) is 16.1. The van der Waals surface area contributed by atoms with Gasteiger partial charge in [-0.15, -0.1) is 0 Å². The minimum Gasteiger partial charge on any atom is -0.495 e. The van der Waals surface area contributed by atoms with E-state index < -0.39 is 0 Å². The molecule has 1 aliphatic heterocycles. The van der Waals surface area contributed by atoms with Crippen molar-refractivity contribution in [2.45, 2.75) is 6.42 Å². The topological polar surface area (TPSA) is 107 Å². The summed E-state index contributed by atoms with van der Waals surface area (Å²) in [6, 6.07) is 7.23. The standard InChI is InChI=1S/C17H16N6O2/c1-25-15-6-14(3-2-12(15)7-18)23-9-16(20-11-23)21-17(24)13-4-5-22(8-13)10-19/h2-3,6,9,11,13H,4-5,8H2,1H3,(H,21,24). The summed E-state index contributed by atoms with van der Waals surface area (Å²) in [7, 11) is 1.51. The summed E-state index contributed by atoms with van der Waals surface area (Å²) in [6.45, 7) is 1.05. The molecule has 2 heterocycles. The van der Waals surface area contributed by atoms with Gasteiger partial charge in [-0.25, -0.2) is 4.98 Å². The highest BCUT2D eigenvalue weighted by atomic mass is 16.5. The maximum absolute atomic E-state index is 12.3. The van der Waals surface area contributed by atoms with Crippen molar-refractivity contribution < 1.29 is 9.53 Å². The molecule has 8 nitrogen and oxygen atoms in total. The lowest BCUT2D eigenvalue weighted by molar-refractivity contribution is -0.119. The van der Waals surface area contributed by atoms with E-state index in [9.17, 15) is 4.79 Å². The maximum Gasteiger partial charge on any atom is 0.230 e. The molecule has 1 atom stereocenters. The summed E-state index contributed by atoms with van der Waals surface area (Å²) in [4.78, 5) is 18.0. The van der Waals surface area contributed by atoms with Gasteiger partial charge in [-0.1, -0.05) is 0 Å². The molecule has 0 spiro atoms. The minimum atomic E-state index is -0.209. The van der Waals surface area contributed by atoms with Crippen molar-refractivity contribution in [3.8, 4) is 23.7 Å². The molecular formula is C17H16N6O2. The van der Waals surface area contributed by atoms with E-state index >= 15 is 0 Å². The SMILES string of the molecule is COc1cc(-n2cnc(NC(=O)C3CCN(C#N)C3)c2)ccc1C#N. The number of imidazole rings is 1. The van der Waals surface area contributed by atoms with Gasteiger partial charge in [-0.05, 0) is 18.6 Å². The molecule has 8 heteroatoms. The predicted molar refractivity (Wildman–Crippen MR) is 88.8 cm³/mol. The Morgan fingerprint density at radius 1 is 1.44 bits per heavy atom. The molecule has 1 N–H and O–H groups in total. The number of carbonyl (C=O) groups excluding carboxylic acids is 1. The molecule has 1 saturated heterocycles. The van der Waals surface area contributed by atoms with Gasteiger partial charge in [0, 0.05) is 19.2 Å². The van der Waals surface area contributed by atoms with Gasteiger partial charge in [0.1, 0.15) is 18.1 Å². The zero-order chi connectivity index (χ0) is 17.8. The number of amides is 1. The van der Waals surface area contributed by atoms with Crippen molar-refractivity contribution in [2.75, 3.05) is 25.5 Å². The first-order valence-corrected chi connectivity index (χ1v) is 7.72. The van der Waals surface area contributed by atoms with Crippen molar-refractivity contribution in [1.29, 1.82) is 10.5 Å². The molecule has 0 radical (unpaired) electrons. The summed E-state index contributed by atoms with van der Waals surface area (Å²) >= 11 is 0. The smallest absolute Gasteiger partial charge is 0.230 e. The number of anilines is 1. The first-order chi connectivity index (χ1) is 12.1.